The summed E-state index contributed by atoms with van der Waals surface area (Å²) in [6.07, 6.45) is 1.18. The number of rotatable bonds is 3. The van der Waals surface area contributed by atoms with Crippen LogP contribution < -0.4 is 5.32 Å². The number of piperidine rings is 1. The van der Waals surface area contributed by atoms with Gasteiger partial charge in [-0.25, -0.2) is 4.39 Å². The molecule has 1 aliphatic rings. The van der Waals surface area contributed by atoms with Crippen LogP contribution in [0.2, 0.25) is 5.02 Å². The second-order valence-corrected chi connectivity index (χ2v) is 8.92. The second kappa shape index (κ2) is 8.54. The molecule has 0 aromatic heterocycles. The molecule has 0 spiro atoms. The fourth-order valence-electron chi connectivity index (χ4n) is 3.46. The first-order valence-electron chi connectivity index (χ1n) is 9.81. The van der Waals surface area contributed by atoms with Crippen LogP contribution in [0, 0.1) is 11.7 Å². The Bertz CT molecular complexity index is 898. The van der Waals surface area contributed by atoms with E-state index >= 15 is 0 Å². The minimum atomic E-state index is -0.521. The van der Waals surface area contributed by atoms with Gasteiger partial charge in [0.05, 0.1) is 5.02 Å². The topological polar surface area (TPSA) is 49.4 Å². The summed E-state index contributed by atoms with van der Waals surface area (Å²) < 4.78 is 13.2. The van der Waals surface area contributed by atoms with Crippen LogP contribution in [0.5, 0.6) is 0 Å². The highest BCUT2D eigenvalue weighted by atomic mass is 35.5. The molecule has 1 heterocycles. The predicted octanol–water partition coefficient (Wildman–Crippen LogP) is 5.27. The maximum atomic E-state index is 13.2. The predicted molar refractivity (Wildman–Crippen MR) is 114 cm³/mol. The Hall–Kier alpha value is -2.40. The fraction of sp³-hybridized carbons (Fsp3) is 0.391. The van der Waals surface area contributed by atoms with E-state index in [0.717, 1.165) is 0 Å². The molecule has 1 N–H and O–H groups in total. The Labute approximate surface area is 176 Å². The number of nitrogens with one attached hydrogen (secondary N) is 1. The van der Waals surface area contributed by atoms with Crippen molar-refractivity contribution in [1.82, 2.24) is 4.90 Å². The molecule has 0 atom stereocenters. The van der Waals surface area contributed by atoms with Crippen LogP contribution in [-0.2, 0) is 10.2 Å². The molecule has 2 amide bonds. The van der Waals surface area contributed by atoms with E-state index in [1.54, 1.807) is 4.90 Å². The number of amides is 2. The van der Waals surface area contributed by atoms with Crippen molar-refractivity contribution < 1.29 is 14.0 Å². The van der Waals surface area contributed by atoms with Crippen LogP contribution in [-0.4, -0.2) is 29.8 Å². The second-order valence-electron chi connectivity index (χ2n) is 8.51. The monoisotopic (exact) mass is 416 g/mol. The van der Waals surface area contributed by atoms with Crippen molar-refractivity contribution in [2.45, 2.75) is 39.0 Å². The lowest BCUT2D eigenvalue weighted by atomic mass is 9.86. The molecule has 29 heavy (non-hydrogen) atoms. The van der Waals surface area contributed by atoms with E-state index in [1.807, 2.05) is 24.3 Å². The summed E-state index contributed by atoms with van der Waals surface area (Å²) in [5.41, 5.74) is 2.37. The summed E-state index contributed by atoms with van der Waals surface area (Å²) in [5.74, 6) is -0.845. The molecule has 3 rings (SSSR count). The van der Waals surface area contributed by atoms with Crippen LogP contribution in [0.4, 0.5) is 10.1 Å². The van der Waals surface area contributed by atoms with E-state index in [1.165, 1.54) is 23.8 Å². The zero-order valence-electron chi connectivity index (χ0n) is 17.0. The Morgan fingerprint density at radius 1 is 1.07 bits per heavy atom. The van der Waals surface area contributed by atoms with Crippen LogP contribution in [0.3, 0.4) is 0 Å². The van der Waals surface area contributed by atoms with E-state index < -0.39 is 5.82 Å². The third-order valence-electron chi connectivity index (χ3n) is 5.34. The van der Waals surface area contributed by atoms with Crippen LogP contribution in [0.1, 0.15) is 49.5 Å². The van der Waals surface area contributed by atoms with Gasteiger partial charge in [-0.2, -0.15) is 0 Å². The quantitative estimate of drug-likeness (QED) is 0.741. The molecule has 4 nitrogen and oxygen atoms in total. The number of nitrogens with zero attached hydrogens (tertiary/aromatic N) is 1. The molecular formula is C23H26ClFN2O2. The van der Waals surface area contributed by atoms with Gasteiger partial charge in [-0.3, -0.25) is 9.59 Å². The summed E-state index contributed by atoms with van der Waals surface area (Å²) in [7, 11) is 0. The summed E-state index contributed by atoms with van der Waals surface area (Å²) in [6, 6.07) is 11.9. The lowest BCUT2D eigenvalue weighted by Crippen LogP contribution is -2.41. The Kier molecular flexibility index (Phi) is 6.27. The zero-order valence-corrected chi connectivity index (χ0v) is 17.7. The molecule has 1 aliphatic heterocycles. The molecule has 0 unspecified atom stereocenters. The minimum absolute atomic E-state index is 0.00497. The minimum Gasteiger partial charge on any atom is -0.339 e. The van der Waals surface area contributed by atoms with Gasteiger partial charge in [0.25, 0.3) is 5.91 Å². The Morgan fingerprint density at radius 3 is 2.24 bits per heavy atom. The molecule has 0 bridgehead atoms. The smallest absolute Gasteiger partial charge is 0.253 e. The molecule has 0 radical (unpaired) electrons. The SMILES string of the molecule is CC(C)(C)c1ccc(C(=O)N2CCC(C(=O)Nc3ccc(F)c(Cl)c3)CC2)cc1. The van der Waals surface area contributed by atoms with E-state index in [0.29, 0.717) is 37.2 Å². The van der Waals surface area contributed by atoms with Gasteiger partial charge in [0.2, 0.25) is 5.91 Å². The largest absolute Gasteiger partial charge is 0.339 e. The molecule has 1 saturated heterocycles. The number of benzene rings is 2. The first-order chi connectivity index (χ1) is 13.6. The van der Waals surface area contributed by atoms with Gasteiger partial charge < -0.3 is 10.2 Å². The molecule has 6 heteroatoms. The normalized spacial score (nSPS) is 15.3. The van der Waals surface area contributed by atoms with E-state index in [4.69, 9.17) is 11.6 Å². The third kappa shape index (κ3) is 5.15. The number of anilines is 1. The van der Waals surface area contributed by atoms with Crippen LogP contribution in [0.25, 0.3) is 0 Å². The highest BCUT2D eigenvalue weighted by Gasteiger charge is 2.28. The van der Waals surface area contributed by atoms with Gasteiger partial charge >= 0.3 is 0 Å². The van der Waals surface area contributed by atoms with Gasteiger partial charge in [0.15, 0.2) is 0 Å². The van der Waals surface area contributed by atoms with E-state index in [-0.39, 0.29) is 28.2 Å². The molecule has 1 fully saturated rings. The number of likely N-dealkylation sites (tertiary alicyclic amines) is 1. The van der Waals surface area contributed by atoms with Crippen molar-refractivity contribution in [1.29, 1.82) is 0 Å². The average molecular weight is 417 g/mol. The number of carbonyl (C=O) groups excluding carboxylic acids is 2. The van der Waals surface area contributed by atoms with Gasteiger partial charge in [0, 0.05) is 30.3 Å². The van der Waals surface area contributed by atoms with Crippen molar-refractivity contribution in [3.8, 4) is 0 Å². The third-order valence-corrected chi connectivity index (χ3v) is 5.63. The molecular weight excluding hydrogens is 391 g/mol. The number of hydrogen-bond acceptors (Lipinski definition) is 2. The Balaban J connectivity index is 1.56. The summed E-state index contributed by atoms with van der Waals surface area (Å²) in [4.78, 5) is 27.1. The highest BCUT2D eigenvalue weighted by Crippen LogP contribution is 2.25. The van der Waals surface area contributed by atoms with Crippen LogP contribution in [0.15, 0.2) is 42.5 Å². The first-order valence-corrected chi connectivity index (χ1v) is 10.2. The van der Waals surface area contributed by atoms with E-state index in [2.05, 4.69) is 26.1 Å². The van der Waals surface area contributed by atoms with Crippen molar-refractivity contribution in [3.63, 3.8) is 0 Å². The maximum Gasteiger partial charge on any atom is 0.253 e. The van der Waals surface area contributed by atoms with Gasteiger partial charge in [-0.05, 0) is 54.2 Å². The number of carbonyl (C=O) groups is 2. The van der Waals surface area contributed by atoms with Crippen molar-refractivity contribution in [2.75, 3.05) is 18.4 Å². The molecule has 2 aromatic carbocycles. The first kappa shape index (κ1) is 21.3. The standard InChI is InChI=1S/C23H26ClFN2O2/c1-23(2,3)17-6-4-16(5-7-17)22(29)27-12-10-15(11-13-27)21(28)26-18-8-9-20(25)19(24)14-18/h4-9,14-15H,10-13H2,1-3H3,(H,26,28). The summed E-state index contributed by atoms with van der Waals surface area (Å²) >= 11 is 5.76. The van der Waals surface area contributed by atoms with Gasteiger partial charge in [-0.1, -0.05) is 44.5 Å². The lowest BCUT2D eigenvalue weighted by molar-refractivity contribution is -0.121. The van der Waals surface area contributed by atoms with Crippen molar-refractivity contribution in [2.24, 2.45) is 5.92 Å². The van der Waals surface area contributed by atoms with Crippen molar-refractivity contribution >= 4 is 29.1 Å². The number of halogens is 2. The zero-order chi connectivity index (χ0) is 21.2. The maximum absolute atomic E-state index is 13.2. The average Bonchev–Trinajstić information content (AvgIpc) is 2.70. The van der Waals surface area contributed by atoms with Crippen molar-refractivity contribution in [3.05, 3.63) is 64.4 Å². The summed E-state index contributed by atoms with van der Waals surface area (Å²) in [6.45, 7) is 7.48. The summed E-state index contributed by atoms with van der Waals surface area (Å²) in [5, 5.41) is 2.76. The molecule has 154 valence electrons. The fourth-order valence-corrected chi connectivity index (χ4v) is 3.64. The van der Waals surface area contributed by atoms with Gasteiger partial charge in [0.1, 0.15) is 5.82 Å². The highest BCUT2D eigenvalue weighted by molar-refractivity contribution is 6.31. The molecule has 0 saturated carbocycles. The lowest BCUT2D eigenvalue weighted by Gasteiger charge is -2.31. The van der Waals surface area contributed by atoms with E-state index in [9.17, 15) is 14.0 Å². The van der Waals surface area contributed by atoms with Gasteiger partial charge in [-0.15, -0.1) is 0 Å². The van der Waals surface area contributed by atoms with Crippen LogP contribution >= 0.6 is 11.6 Å². The molecule has 0 aliphatic carbocycles. The molecule has 2 aromatic rings. The number of hydrogen-bond donors (Lipinski definition) is 1. The Morgan fingerprint density at radius 2 is 1.69 bits per heavy atom.